The molecule has 1 aliphatic rings. The van der Waals surface area contributed by atoms with Crippen LogP contribution in [0, 0.1) is 0 Å². The van der Waals surface area contributed by atoms with Crippen LogP contribution in [0.25, 0.3) is 10.9 Å². The summed E-state index contributed by atoms with van der Waals surface area (Å²) in [6.45, 7) is -0.526. The van der Waals surface area contributed by atoms with E-state index in [1.54, 1.807) is 0 Å². The molecular weight excluding hydrogens is 394 g/mol. The van der Waals surface area contributed by atoms with Crippen molar-refractivity contribution in [2.45, 2.75) is 30.7 Å². The fourth-order valence-electron chi connectivity index (χ4n) is 2.15. The maximum absolute atomic E-state index is 9.12. The van der Waals surface area contributed by atoms with Gasteiger partial charge < -0.3 is 35.3 Å². The summed E-state index contributed by atoms with van der Waals surface area (Å²) in [5, 5.41) is 46.5. The largest absolute Gasteiger partial charge is 0.394 e. The highest BCUT2D eigenvalue weighted by atomic mass is 79.9. The predicted molar refractivity (Wildman–Crippen MR) is 87.0 cm³/mol. The molecule has 0 bridgehead atoms. The van der Waals surface area contributed by atoms with Gasteiger partial charge in [0.25, 0.3) is 0 Å². The second-order valence-corrected chi connectivity index (χ2v) is 6.39. The van der Waals surface area contributed by atoms with Gasteiger partial charge in [0, 0.05) is 15.4 Å². The number of aromatic amines is 1. The Hall–Kier alpha value is -0.710. The van der Waals surface area contributed by atoms with Gasteiger partial charge in [0.05, 0.1) is 6.61 Å². The Kier molecular flexibility index (Phi) is 6.40. The lowest BCUT2D eigenvalue weighted by Crippen LogP contribution is -2.58. The third-order valence-electron chi connectivity index (χ3n) is 3.42. The molecule has 1 aliphatic heterocycles. The lowest BCUT2D eigenvalue weighted by molar-refractivity contribution is -0.286. The Morgan fingerprint density at radius 3 is 2.43 bits per heavy atom. The molecule has 1 aromatic carbocycles. The molecule has 128 valence electrons. The number of aliphatic hydroxyl groups excluding tert-OH is 5. The van der Waals surface area contributed by atoms with Crippen molar-refractivity contribution in [3.63, 3.8) is 0 Å². The van der Waals surface area contributed by atoms with E-state index in [4.69, 9.17) is 37.1 Å². The van der Waals surface area contributed by atoms with Crippen molar-refractivity contribution in [3.8, 4) is 0 Å². The molecule has 0 amide bonds. The molecule has 1 aromatic heterocycles. The van der Waals surface area contributed by atoms with Gasteiger partial charge in [-0.05, 0) is 24.3 Å². The van der Waals surface area contributed by atoms with Crippen LogP contribution in [0.3, 0.4) is 0 Å². The van der Waals surface area contributed by atoms with Crippen LogP contribution in [-0.4, -0.2) is 67.8 Å². The molecule has 5 atom stereocenters. The van der Waals surface area contributed by atoms with Gasteiger partial charge in [0.1, 0.15) is 29.6 Å². The molecular formula is C14H17BrClNO6. The average Bonchev–Trinajstić information content (AvgIpc) is 2.88. The highest BCUT2D eigenvalue weighted by Crippen LogP contribution is 2.22. The van der Waals surface area contributed by atoms with E-state index in [-0.39, 0.29) is 0 Å². The Morgan fingerprint density at radius 2 is 1.78 bits per heavy atom. The van der Waals surface area contributed by atoms with Crippen LogP contribution in [0.2, 0.25) is 5.15 Å². The minimum absolute atomic E-state index is 0.526. The molecule has 0 saturated carbocycles. The van der Waals surface area contributed by atoms with Gasteiger partial charge in [0.15, 0.2) is 6.29 Å². The molecule has 9 heteroatoms. The number of hydrogen-bond donors (Lipinski definition) is 6. The van der Waals surface area contributed by atoms with Crippen molar-refractivity contribution in [2.75, 3.05) is 6.61 Å². The van der Waals surface area contributed by atoms with Crippen molar-refractivity contribution >= 4 is 38.4 Å². The summed E-state index contributed by atoms with van der Waals surface area (Å²) < 4.78 is 5.65. The Balaban J connectivity index is 0.000000167. The molecule has 0 aliphatic carbocycles. The first-order valence-corrected chi connectivity index (χ1v) is 7.93. The zero-order valence-corrected chi connectivity index (χ0v) is 14.1. The second kappa shape index (κ2) is 7.91. The van der Waals surface area contributed by atoms with Crippen LogP contribution >= 0.6 is 27.5 Å². The van der Waals surface area contributed by atoms with Gasteiger partial charge in [-0.3, -0.25) is 0 Å². The van der Waals surface area contributed by atoms with Crippen molar-refractivity contribution < 1.29 is 30.3 Å². The molecule has 7 nitrogen and oxygen atoms in total. The predicted octanol–water partition coefficient (Wildman–Crippen LogP) is 0.362. The standard InChI is InChI=1S/C8H5BrClN.C6H12O6/c9-6-1-2-7-5(3-6)4-8(10)11-7;7-1-2-3(8)4(9)5(10)6(11)12-2/h1-4,11H;2-11H,1H2/t;2-,3+,4+,5-,6-/m.1/s1. The summed E-state index contributed by atoms with van der Waals surface area (Å²) in [7, 11) is 0. The molecule has 2 heterocycles. The third-order valence-corrected chi connectivity index (χ3v) is 4.11. The monoisotopic (exact) mass is 409 g/mol. The minimum Gasteiger partial charge on any atom is -0.394 e. The van der Waals surface area contributed by atoms with Gasteiger partial charge >= 0.3 is 0 Å². The summed E-state index contributed by atoms with van der Waals surface area (Å²) in [4.78, 5) is 3.03. The quantitative estimate of drug-likeness (QED) is 0.403. The van der Waals surface area contributed by atoms with Crippen molar-refractivity contribution in [1.82, 2.24) is 4.98 Å². The van der Waals surface area contributed by atoms with E-state index in [0.29, 0.717) is 5.15 Å². The van der Waals surface area contributed by atoms with Crippen LogP contribution < -0.4 is 0 Å². The first kappa shape index (κ1) is 18.6. The maximum Gasteiger partial charge on any atom is 0.184 e. The Labute approximate surface area is 145 Å². The van der Waals surface area contributed by atoms with Crippen LogP contribution in [0.15, 0.2) is 28.7 Å². The summed E-state index contributed by atoms with van der Waals surface area (Å²) in [5.74, 6) is 0. The van der Waals surface area contributed by atoms with E-state index < -0.39 is 37.3 Å². The third kappa shape index (κ3) is 4.43. The second-order valence-electron chi connectivity index (χ2n) is 5.07. The van der Waals surface area contributed by atoms with E-state index in [9.17, 15) is 0 Å². The first-order chi connectivity index (χ1) is 10.8. The zero-order valence-electron chi connectivity index (χ0n) is 11.8. The Bertz CT molecular complexity index is 648. The number of rotatable bonds is 1. The topological polar surface area (TPSA) is 126 Å². The minimum atomic E-state index is -1.57. The number of ether oxygens (including phenoxy) is 1. The van der Waals surface area contributed by atoms with Crippen LogP contribution in [0.4, 0.5) is 0 Å². The van der Waals surface area contributed by atoms with Crippen molar-refractivity contribution in [2.24, 2.45) is 0 Å². The van der Waals surface area contributed by atoms with Gasteiger partial charge in [0.2, 0.25) is 0 Å². The van der Waals surface area contributed by atoms with Gasteiger partial charge in [-0.1, -0.05) is 27.5 Å². The van der Waals surface area contributed by atoms with E-state index >= 15 is 0 Å². The number of halogens is 2. The zero-order chi connectivity index (χ0) is 17.1. The summed E-state index contributed by atoms with van der Waals surface area (Å²) >= 11 is 9.15. The van der Waals surface area contributed by atoms with Crippen LogP contribution in [0.5, 0.6) is 0 Å². The highest BCUT2D eigenvalue weighted by molar-refractivity contribution is 9.10. The van der Waals surface area contributed by atoms with E-state index in [2.05, 4.69) is 25.7 Å². The molecule has 0 spiro atoms. The average molecular weight is 411 g/mol. The Morgan fingerprint density at radius 1 is 1.09 bits per heavy atom. The van der Waals surface area contributed by atoms with Gasteiger partial charge in [-0.15, -0.1) is 0 Å². The maximum atomic E-state index is 9.12. The van der Waals surface area contributed by atoms with Gasteiger partial charge in [-0.2, -0.15) is 0 Å². The fourth-order valence-corrected chi connectivity index (χ4v) is 2.75. The van der Waals surface area contributed by atoms with E-state index in [1.807, 2.05) is 24.3 Å². The number of fused-ring (bicyclic) bond motifs is 1. The molecule has 0 radical (unpaired) electrons. The lowest BCUT2D eigenvalue weighted by Gasteiger charge is -2.37. The van der Waals surface area contributed by atoms with E-state index in [0.717, 1.165) is 15.4 Å². The van der Waals surface area contributed by atoms with E-state index in [1.165, 1.54) is 0 Å². The molecule has 2 aromatic rings. The number of nitrogens with one attached hydrogen (secondary N) is 1. The molecule has 0 unspecified atom stereocenters. The van der Waals surface area contributed by atoms with Crippen LogP contribution in [-0.2, 0) is 4.74 Å². The summed E-state index contributed by atoms with van der Waals surface area (Å²) in [6.07, 6.45) is -7.04. The summed E-state index contributed by atoms with van der Waals surface area (Å²) in [5.41, 5.74) is 1.07. The molecule has 23 heavy (non-hydrogen) atoms. The number of H-pyrrole nitrogens is 1. The van der Waals surface area contributed by atoms with Crippen molar-refractivity contribution in [1.29, 1.82) is 0 Å². The fraction of sp³-hybridized carbons (Fsp3) is 0.429. The number of aromatic nitrogens is 1. The highest BCUT2D eigenvalue weighted by Gasteiger charge is 2.42. The molecule has 3 rings (SSSR count). The molecule has 6 N–H and O–H groups in total. The number of aliphatic hydroxyl groups is 5. The number of hydrogen-bond acceptors (Lipinski definition) is 6. The van der Waals surface area contributed by atoms with Crippen molar-refractivity contribution in [3.05, 3.63) is 33.9 Å². The van der Waals surface area contributed by atoms with Crippen LogP contribution in [0.1, 0.15) is 0 Å². The van der Waals surface area contributed by atoms with Gasteiger partial charge in [-0.25, -0.2) is 0 Å². The smallest absolute Gasteiger partial charge is 0.184 e. The first-order valence-electron chi connectivity index (χ1n) is 6.76. The molecule has 1 fully saturated rings. The SMILES string of the molecule is Clc1cc2cc(Br)ccc2[nH]1.OC[C@H]1O[C@@H](O)[C@H](O)[C@@H](O)[C@H]1O. The number of benzene rings is 1. The normalized spacial score (nSPS) is 30.8. The lowest BCUT2D eigenvalue weighted by atomic mass is 10.00. The molecule has 1 saturated heterocycles. The summed E-state index contributed by atoms with van der Waals surface area (Å²) in [6, 6.07) is 7.90.